The highest BCUT2D eigenvalue weighted by Gasteiger charge is 2.43. The molecule has 0 N–H and O–H groups in total. The number of hydrogen-bond acceptors (Lipinski definition) is 1. The highest BCUT2D eigenvalue weighted by Crippen LogP contribution is 2.51. The Morgan fingerprint density at radius 3 is 1.91 bits per heavy atom. The molecule has 0 aromatic heterocycles. The molecule has 0 fully saturated rings. The summed E-state index contributed by atoms with van der Waals surface area (Å²) in [5.74, 6) is 0. The van der Waals surface area contributed by atoms with Gasteiger partial charge in [-0.05, 0) is 45.3 Å². The minimum Gasteiger partial charge on any atom is -0.311 e. The van der Waals surface area contributed by atoms with Gasteiger partial charge in [0.05, 0.1) is 5.69 Å². The summed E-state index contributed by atoms with van der Waals surface area (Å²) in [6.45, 7) is 4.93. The second-order valence-electron chi connectivity index (χ2n) is 10.2. The standard InChI is InChI=1S/C33H26BN/c1-33(2)26-13-6-8-17-30(26)35-31-18-9-7-15-28(31)34(29-16-10-14-27(33)32(29)35)25-21-19-24(20-22-25)23-11-4-3-5-12-23/h3-22H,1-2H3. The predicted molar refractivity (Wildman–Crippen MR) is 150 cm³/mol. The summed E-state index contributed by atoms with van der Waals surface area (Å²) in [5, 5.41) is 0. The van der Waals surface area contributed by atoms with Crippen molar-refractivity contribution in [3.05, 3.63) is 132 Å². The van der Waals surface area contributed by atoms with Crippen LogP contribution >= 0.6 is 0 Å². The van der Waals surface area contributed by atoms with Gasteiger partial charge in [0.2, 0.25) is 6.71 Å². The normalized spacial score (nSPS) is 14.7. The van der Waals surface area contributed by atoms with Crippen molar-refractivity contribution in [2.75, 3.05) is 4.90 Å². The molecule has 0 spiro atoms. The zero-order valence-corrected chi connectivity index (χ0v) is 20.1. The third-order valence-corrected chi connectivity index (χ3v) is 7.93. The Labute approximate surface area is 207 Å². The van der Waals surface area contributed by atoms with E-state index in [1.807, 2.05) is 0 Å². The van der Waals surface area contributed by atoms with Gasteiger partial charge in [-0.2, -0.15) is 0 Å². The van der Waals surface area contributed by atoms with Crippen LogP contribution in [-0.2, 0) is 5.41 Å². The SMILES string of the molecule is CC1(C)c2ccccc2N2c3ccccc3B(c3ccc(-c4ccccc4)cc3)c3cccc1c32. The third kappa shape index (κ3) is 2.90. The number of hydrogen-bond donors (Lipinski definition) is 0. The molecule has 5 aromatic rings. The summed E-state index contributed by atoms with van der Waals surface area (Å²) in [6.07, 6.45) is 0. The predicted octanol–water partition coefficient (Wildman–Crippen LogP) is 6.29. The van der Waals surface area contributed by atoms with Crippen molar-refractivity contribution >= 4 is 40.2 Å². The Hall–Kier alpha value is -4.04. The Morgan fingerprint density at radius 2 is 1.11 bits per heavy atom. The maximum absolute atomic E-state index is 2.51. The van der Waals surface area contributed by atoms with Crippen molar-refractivity contribution in [1.29, 1.82) is 0 Å². The Bertz CT molecular complexity index is 1570. The molecular weight excluding hydrogens is 421 g/mol. The van der Waals surface area contributed by atoms with Gasteiger partial charge in [-0.1, -0.05) is 129 Å². The van der Waals surface area contributed by atoms with Crippen LogP contribution < -0.4 is 21.3 Å². The summed E-state index contributed by atoms with van der Waals surface area (Å²) in [6, 6.07) is 44.6. The molecule has 0 aliphatic carbocycles. The van der Waals surface area contributed by atoms with E-state index in [1.165, 1.54) is 55.7 Å². The first-order chi connectivity index (χ1) is 17.1. The molecule has 0 amide bonds. The zero-order chi connectivity index (χ0) is 23.6. The lowest BCUT2D eigenvalue weighted by atomic mass is 9.34. The van der Waals surface area contributed by atoms with E-state index in [9.17, 15) is 0 Å². The van der Waals surface area contributed by atoms with E-state index in [2.05, 4.69) is 140 Å². The molecule has 35 heavy (non-hydrogen) atoms. The number of nitrogens with zero attached hydrogens (tertiary/aromatic N) is 1. The summed E-state index contributed by atoms with van der Waals surface area (Å²) in [4.78, 5) is 2.51. The lowest BCUT2D eigenvalue weighted by molar-refractivity contribution is 0.632. The quantitative estimate of drug-likeness (QED) is 0.282. The van der Waals surface area contributed by atoms with E-state index in [-0.39, 0.29) is 12.1 Å². The lowest BCUT2D eigenvalue weighted by Gasteiger charge is -2.47. The van der Waals surface area contributed by atoms with Crippen LogP contribution in [0.5, 0.6) is 0 Å². The highest BCUT2D eigenvalue weighted by molar-refractivity contribution is 6.98. The van der Waals surface area contributed by atoms with E-state index in [4.69, 9.17) is 0 Å². The van der Waals surface area contributed by atoms with Gasteiger partial charge in [0.25, 0.3) is 0 Å². The zero-order valence-electron chi connectivity index (χ0n) is 20.1. The minimum absolute atomic E-state index is 0.0631. The van der Waals surface area contributed by atoms with Gasteiger partial charge in [0, 0.05) is 16.8 Å². The van der Waals surface area contributed by atoms with Crippen LogP contribution in [0.1, 0.15) is 25.0 Å². The van der Waals surface area contributed by atoms with Gasteiger partial charge in [-0.15, -0.1) is 0 Å². The van der Waals surface area contributed by atoms with Crippen LogP contribution in [0.25, 0.3) is 11.1 Å². The second-order valence-corrected chi connectivity index (χ2v) is 10.2. The molecule has 2 heteroatoms. The van der Waals surface area contributed by atoms with Crippen molar-refractivity contribution in [3.63, 3.8) is 0 Å². The fourth-order valence-corrected chi connectivity index (χ4v) is 6.22. The topological polar surface area (TPSA) is 3.24 Å². The van der Waals surface area contributed by atoms with Crippen LogP contribution in [0.2, 0.25) is 0 Å². The fourth-order valence-electron chi connectivity index (χ4n) is 6.22. The van der Waals surface area contributed by atoms with Gasteiger partial charge in [-0.25, -0.2) is 0 Å². The molecule has 7 rings (SSSR count). The van der Waals surface area contributed by atoms with E-state index in [0.29, 0.717) is 0 Å². The minimum atomic E-state index is -0.0631. The van der Waals surface area contributed by atoms with Crippen molar-refractivity contribution in [3.8, 4) is 11.1 Å². The highest BCUT2D eigenvalue weighted by atomic mass is 15.2. The number of anilines is 3. The lowest BCUT2D eigenvalue weighted by Crippen LogP contribution is -2.58. The average molecular weight is 447 g/mol. The van der Waals surface area contributed by atoms with Crippen LogP contribution in [0, 0.1) is 0 Å². The first-order valence-electron chi connectivity index (χ1n) is 12.4. The van der Waals surface area contributed by atoms with Crippen molar-refractivity contribution in [2.24, 2.45) is 0 Å². The van der Waals surface area contributed by atoms with Gasteiger partial charge in [-0.3, -0.25) is 0 Å². The smallest absolute Gasteiger partial charge is 0.246 e. The molecule has 0 bridgehead atoms. The Kier molecular flexibility index (Phi) is 4.35. The summed E-state index contributed by atoms with van der Waals surface area (Å²) >= 11 is 0. The molecule has 0 atom stereocenters. The Morgan fingerprint density at radius 1 is 0.514 bits per heavy atom. The summed E-state index contributed by atoms with van der Waals surface area (Å²) < 4.78 is 0. The number of para-hydroxylation sites is 3. The van der Waals surface area contributed by atoms with E-state index in [0.717, 1.165) is 0 Å². The molecule has 1 nitrogen and oxygen atoms in total. The van der Waals surface area contributed by atoms with Gasteiger partial charge in [0.15, 0.2) is 0 Å². The monoisotopic (exact) mass is 447 g/mol. The van der Waals surface area contributed by atoms with E-state index < -0.39 is 0 Å². The van der Waals surface area contributed by atoms with Gasteiger partial charge in [0.1, 0.15) is 0 Å². The van der Waals surface area contributed by atoms with Gasteiger partial charge >= 0.3 is 0 Å². The maximum atomic E-state index is 2.51. The molecule has 0 saturated heterocycles. The van der Waals surface area contributed by atoms with Gasteiger partial charge < -0.3 is 4.90 Å². The molecule has 2 aliphatic rings. The van der Waals surface area contributed by atoms with Crippen LogP contribution in [0.4, 0.5) is 17.1 Å². The molecular formula is C33H26BN. The maximum Gasteiger partial charge on any atom is 0.246 e. The number of rotatable bonds is 2. The first-order valence-corrected chi connectivity index (χ1v) is 12.4. The second kappa shape index (κ2) is 7.48. The molecule has 0 radical (unpaired) electrons. The molecule has 166 valence electrons. The van der Waals surface area contributed by atoms with Crippen LogP contribution in [0.15, 0.2) is 121 Å². The third-order valence-electron chi connectivity index (χ3n) is 7.93. The largest absolute Gasteiger partial charge is 0.311 e. The molecule has 0 saturated carbocycles. The van der Waals surface area contributed by atoms with E-state index >= 15 is 0 Å². The molecule has 2 aliphatic heterocycles. The van der Waals surface area contributed by atoms with Crippen molar-refractivity contribution in [2.45, 2.75) is 19.3 Å². The number of benzene rings is 5. The molecule has 2 heterocycles. The fraction of sp³-hybridized carbons (Fsp3) is 0.0909. The van der Waals surface area contributed by atoms with Crippen LogP contribution in [-0.4, -0.2) is 6.71 Å². The van der Waals surface area contributed by atoms with Crippen molar-refractivity contribution < 1.29 is 0 Å². The molecule has 0 unspecified atom stereocenters. The number of fused-ring (bicyclic) bond motifs is 4. The van der Waals surface area contributed by atoms with Crippen LogP contribution in [0.3, 0.4) is 0 Å². The first kappa shape index (κ1) is 20.3. The van der Waals surface area contributed by atoms with E-state index in [1.54, 1.807) is 0 Å². The summed E-state index contributed by atoms with van der Waals surface area (Å²) in [5.41, 5.74) is 13.2. The Balaban J connectivity index is 1.46. The molecule has 5 aromatic carbocycles. The average Bonchev–Trinajstić information content (AvgIpc) is 2.91. The summed E-state index contributed by atoms with van der Waals surface area (Å²) in [7, 11) is 0. The van der Waals surface area contributed by atoms with Crippen molar-refractivity contribution in [1.82, 2.24) is 0 Å².